The molecule has 0 radical (unpaired) electrons. The number of aromatic carboxylic acids is 1. The molecular formula is C34H31N3O5. The van der Waals surface area contributed by atoms with Crippen LogP contribution in [0, 0.1) is 0 Å². The van der Waals surface area contributed by atoms with E-state index >= 15 is 0 Å². The third kappa shape index (κ3) is 5.49. The Kier molecular flexibility index (Phi) is 7.46. The van der Waals surface area contributed by atoms with Crippen molar-refractivity contribution in [1.82, 2.24) is 10.2 Å². The number of carboxylic acid groups (broad SMARTS) is 1. The van der Waals surface area contributed by atoms with Gasteiger partial charge in [-0.15, -0.1) is 0 Å². The quantitative estimate of drug-likeness (QED) is 0.262. The van der Waals surface area contributed by atoms with Gasteiger partial charge in [-0.05, 0) is 52.4 Å². The van der Waals surface area contributed by atoms with Gasteiger partial charge in [0.15, 0.2) is 0 Å². The number of anilines is 1. The minimum Gasteiger partial charge on any atom is -0.478 e. The first kappa shape index (κ1) is 27.2. The number of fused-ring (bicyclic) bond motifs is 3. The number of rotatable bonds is 8. The van der Waals surface area contributed by atoms with Crippen LogP contribution in [0.5, 0.6) is 0 Å². The number of hydrogen-bond donors (Lipinski definition) is 3. The van der Waals surface area contributed by atoms with E-state index in [0.29, 0.717) is 25.2 Å². The van der Waals surface area contributed by atoms with Crippen molar-refractivity contribution in [1.29, 1.82) is 0 Å². The molecule has 1 fully saturated rings. The highest BCUT2D eigenvalue weighted by molar-refractivity contribution is 6.01. The second-order valence-corrected chi connectivity index (χ2v) is 10.8. The maximum absolute atomic E-state index is 13.8. The Labute approximate surface area is 243 Å². The fourth-order valence-corrected chi connectivity index (χ4v) is 6.02. The van der Waals surface area contributed by atoms with Crippen molar-refractivity contribution in [2.24, 2.45) is 0 Å². The number of benzene rings is 4. The topological polar surface area (TPSA) is 108 Å². The van der Waals surface area contributed by atoms with Gasteiger partial charge in [-0.25, -0.2) is 9.59 Å². The zero-order chi connectivity index (χ0) is 29.1. The van der Waals surface area contributed by atoms with Crippen LogP contribution in [-0.4, -0.2) is 53.2 Å². The van der Waals surface area contributed by atoms with E-state index in [1.54, 1.807) is 12.1 Å². The molecule has 0 spiro atoms. The van der Waals surface area contributed by atoms with E-state index in [4.69, 9.17) is 4.74 Å². The highest BCUT2D eigenvalue weighted by atomic mass is 16.5. The molecule has 1 unspecified atom stereocenters. The molecule has 212 valence electrons. The van der Waals surface area contributed by atoms with Gasteiger partial charge in [0.2, 0.25) is 0 Å². The van der Waals surface area contributed by atoms with Crippen LogP contribution in [0.3, 0.4) is 0 Å². The average Bonchev–Trinajstić information content (AvgIpc) is 3.56. The summed E-state index contributed by atoms with van der Waals surface area (Å²) < 4.78 is 5.80. The summed E-state index contributed by atoms with van der Waals surface area (Å²) in [6.45, 7) is 1.61. The van der Waals surface area contributed by atoms with Crippen molar-refractivity contribution in [2.45, 2.75) is 24.4 Å². The molecule has 3 N–H and O–H groups in total. The fraction of sp³-hybridized carbons (Fsp3) is 0.206. The van der Waals surface area contributed by atoms with Gasteiger partial charge in [0.05, 0.1) is 5.56 Å². The van der Waals surface area contributed by atoms with Crippen LogP contribution >= 0.6 is 0 Å². The molecule has 42 heavy (non-hydrogen) atoms. The summed E-state index contributed by atoms with van der Waals surface area (Å²) in [6.07, 6.45) is -0.304. The Hall–Kier alpha value is -4.95. The Bertz CT molecular complexity index is 1590. The Morgan fingerprint density at radius 3 is 2.21 bits per heavy atom. The Balaban J connectivity index is 1.20. The number of nitrogens with zero attached hydrogens (tertiary/aromatic N) is 1. The summed E-state index contributed by atoms with van der Waals surface area (Å²) in [5.74, 6) is -1.62. The first-order chi connectivity index (χ1) is 20.4. The monoisotopic (exact) mass is 561 g/mol. The maximum Gasteiger partial charge on any atom is 0.408 e. The summed E-state index contributed by atoms with van der Waals surface area (Å²) >= 11 is 0. The van der Waals surface area contributed by atoms with Crippen molar-refractivity contribution in [3.05, 3.63) is 125 Å². The number of amides is 2. The lowest BCUT2D eigenvalue weighted by Crippen LogP contribution is -2.58. The van der Waals surface area contributed by atoms with E-state index in [2.05, 4.69) is 39.8 Å². The first-order valence-corrected chi connectivity index (χ1v) is 14.0. The summed E-state index contributed by atoms with van der Waals surface area (Å²) in [6, 6.07) is 32.2. The van der Waals surface area contributed by atoms with Crippen LogP contribution in [0.1, 0.15) is 39.4 Å². The van der Waals surface area contributed by atoms with Crippen LogP contribution in [0.2, 0.25) is 0 Å². The minimum absolute atomic E-state index is 0.0588. The molecule has 2 amide bonds. The molecular weight excluding hydrogens is 530 g/mol. The van der Waals surface area contributed by atoms with E-state index in [1.165, 1.54) is 12.1 Å². The van der Waals surface area contributed by atoms with Crippen LogP contribution in [0.4, 0.5) is 10.5 Å². The molecule has 6 rings (SSSR count). The number of alkyl carbamates (subject to hydrolysis) is 1. The molecule has 1 aliphatic carbocycles. The third-order valence-electron chi connectivity index (χ3n) is 8.08. The fourth-order valence-electron chi connectivity index (χ4n) is 6.02. The second kappa shape index (κ2) is 11.5. The number of ether oxygens (including phenoxy) is 1. The molecule has 0 saturated carbocycles. The van der Waals surface area contributed by atoms with Crippen molar-refractivity contribution >= 4 is 23.7 Å². The number of likely N-dealkylation sites (tertiary alicyclic amines) is 1. The van der Waals surface area contributed by atoms with Crippen LogP contribution < -0.4 is 10.6 Å². The molecule has 2 aliphatic rings. The van der Waals surface area contributed by atoms with Gasteiger partial charge in [-0.2, -0.15) is 0 Å². The van der Waals surface area contributed by atoms with Gasteiger partial charge in [0.1, 0.15) is 12.1 Å². The summed E-state index contributed by atoms with van der Waals surface area (Å²) in [7, 11) is 0. The van der Waals surface area contributed by atoms with Crippen molar-refractivity contribution in [3.8, 4) is 11.1 Å². The van der Waals surface area contributed by atoms with E-state index in [0.717, 1.165) is 27.8 Å². The standard InChI is InChI=1S/C34H31N3O5/c38-31(39)24-11-8-12-25(19-24)35-32(40)34(17-18-37(22-34)20-23-9-2-1-3-10-23)36-33(41)42-21-30-28-15-6-4-13-26(28)27-14-5-7-16-29(27)30/h1-16,19,30H,17-18,20-22H2,(H,35,40)(H,36,41)(H,38,39). The lowest BCUT2D eigenvalue weighted by molar-refractivity contribution is -0.121. The Morgan fingerprint density at radius 2 is 1.52 bits per heavy atom. The van der Waals surface area contributed by atoms with Gasteiger partial charge in [0, 0.05) is 31.2 Å². The predicted molar refractivity (Wildman–Crippen MR) is 159 cm³/mol. The van der Waals surface area contributed by atoms with Crippen molar-refractivity contribution in [2.75, 3.05) is 25.0 Å². The van der Waals surface area contributed by atoms with Crippen LogP contribution in [-0.2, 0) is 16.1 Å². The molecule has 4 aromatic rings. The van der Waals surface area contributed by atoms with E-state index in [1.807, 2.05) is 54.6 Å². The average molecular weight is 562 g/mol. The SMILES string of the molecule is O=C(NC1(C(=O)Nc2cccc(C(=O)O)c2)CCN(Cc2ccccc2)C1)OCC1c2ccccc2-c2ccccc21. The van der Waals surface area contributed by atoms with Crippen LogP contribution in [0.15, 0.2) is 103 Å². The van der Waals surface area contributed by atoms with E-state index in [9.17, 15) is 19.5 Å². The number of hydrogen-bond acceptors (Lipinski definition) is 5. The second-order valence-electron chi connectivity index (χ2n) is 10.8. The van der Waals surface area contributed by atoms with Crippen molar-refractivity contribution in [3.63, 3.8) is 0 Å². The largest absolute Gasteiger partial charge is 0.478 e. The Morgan fingerprint density at radius 1 is 0.857 bits per heavy atom. The number of carbonyl (C=O) groups is 3. The number of nitrogens with one attached hydrogen (secondary N) is 2. The van der Waals surface area contributed by atoms with Gasteiger partial charge >= 0.3 is 12.1 Å². The van der Waals surface area contributed by atoms with E-state index < -0.39 is 23.5 Å². The van der Waals surface area contributed by atoms with Gasteiger partial charge in [-0.3, -0.25) is 9.69 Å². The molecule has 1 saturated heterocycles. The molecule has 1 aliphatic heterocycles. The summed E-state index contributed by atoms with van der Waals surface area (Å²) in [4.78, 5) is 40.7. The molecule has 1 heterocycles. The highest BCUT2D eigenvalue weighted by Gasteiger charge is 2.46. The van der Waals surface area contributed by atoms with Gasteiger partial charge in [0.25, 0.3) is 5.91 Å². The zero-order valence-corrected chi connectivity index (χ0v) is 23.0. The lowest BCUT2D eigenvalue weighted by Gasteiger charge is -2.29. The zero-order valence-electron chi connectivity index (χ0n) is 23.0. The highest BCUT2D eigenvalue weighted by Crippen LogP contribution is 2.44. The maximum atomic E-state index is 13.8. The predicted octanol–water partition coefficient (Wildman–Crippen LogP) is 5.51. The van der Waals surface area contributed by atoms with Crippen molar-refractivity contribution < 1.29 is 24.2 Å². The molecule has 0 aromatic heterocycles. The number of carboxylic acids is 1. The normalized spacial score (nSPS) is 17.7. The summed E-state index contributed by atoms with van der Waals surface area (Å²) in [5, 5.41) is 15.1. The molecule has 4 aromatic carbocycles. The molecule has 0 bridgehead atoms. The number of carbonyl (C=O) groups excluding carboxylic acids is 2. The summed E-state index contributed by atoms with van der Waals surface area (Å²) in [5.41, 5.74) is 4.71. The lowest BCUT2D eigenvalue weighted by atomic mass is 9.97. The minimum atomic E-state index is -1.27. The molecule has 8 nitrogen and oxygen atoms in total. The molecule has 8 heteroatoms. The van der Waals surface area contributed by atoms with Crippen LogP contribution in [0.25, 0.3) is 11.1 Å². The van der Waals surface area contributed by atoms with Gasteiger partial charge in [-0.1, -0.05) is 84.9 Å². The van der Waals surface area contributed by atoms with Gasteiger partial charge < -0.3 is 20.5 Å². The molecule has 1 atom stereocenters. The van der Waals surface area contributed by atoms with E-state index in [-0.39, 0.29) is 24.6 Å². The smallest absolute Gasteiger partial charge is 0.408 e. The first-order valence-electron chi connectivity index (χ1n) is 14.0. The third-order valence-corrected chi connectivity index (χ3v) is 8.08.